The molecule has 0 saturated heterocycles. The molecule has 3 aromatic rings. The Morgan fingerprint density at radius 1 is 0.962 bits per heavy atom. The van der Waals surface area contributed by atoms with Crippen molar-refractivity contribution in [2.75, 3.05) is 0 Å². The minimum atomic E-state index is 0.0259. The van der Waals surface area contributed by atoms with Gasteiger partial charge in [-0.3, -0.25) is 4.79 Å². The first kappa shape index (κ1) is 15.7. The standard InChI is InChI=1S/C23H24N2O/c1-15-21(19-13-7-8-14-20(19)24-15)22-17-11-5-6-12-18(17)23(26)25(22)16-9-3-2-4-10-16/h5-8,11-14,16,22,24H,2-4,9-10H2,1H3. The predicted octanol–water partition coefficient (Wildman–Crippen LogP) is 5.35. The molecule has 1 aromatic heterocycles. The molecule has 1 amide bonds. The number of nitrogens with zero attached hydrogens (tertiary/aromatic N) is 1. The van der Waals surface area contributed by atoms with Crippen LogP contribution in [0.25, 0.3) is 10.9 Å². The number of fused-ring (bicyclic) bond motifs is 2. The van der Waals surface area contributed by atoms with E-state index in [4.69, 9.17) is 0 Å². The van der Waals surface area contributed by atoms with Gasteiger partial charge in [0, 0.05) is 33.8 Å². The second kappa shape index (κ2) is 6.01. The highest BCUT2D eigenvalue weighted by Gasteiger charge is 2.42. The Labute approximate surface area is 154 Å². The Balaban J connectivity index is 1.72. The number of aryl methyl sites for hydroxylation is 1. The molecule has 1 aliphatic carbocycles. The van der Waals surface area contributed by atoms with Gasteiger partial charge in [0.25, 0.3) is 5.91 Å². The summed E-state index contributed by atoms with van der Waals surface area (Å²) in [5.74, 6) is 0.210. The van der Waals surface area contributed by atoms with E-state index < -0.39 is 0 Å². The molecule has 0 spiro atoms. The molecule has 0 radical (unpaired) electrons. The number of aromatic nitrogens is 1. The van der Waals surface area contributed by atoms with E-state index in [2.05, 4.69) is 53.2 Å². The van der Waals surface area contributed by atoms with Crippen LogP contribution in [0.1, 0.15) is 65.3 Å². The Morgan fingerprint density at radius 3 is 2.54 bits per heavy atom. The number of amides is 1. The number of rotatable bonds is 2. The fraction of sp³-hybridized carbons (Fsp3) is 0.348. The molecule has 26 heavy (non-hydrogen) atoms. The summed E-state index contributed by atoms with van der Waals surface area (Å²) in [5.41, 5.74) is 5.63. The van der Waals surface area contributed by atoms with Gasteiger partial charge in [-0.15, -0.1) is 0 Å². The molecule has 2 aromatic carbocycles. The van der Waals surface area contributed by atoms with Gasteiger partial charge in [0.05, 0.1) is 6.04 Å². The van der Waals surface area contributed by atoms with Crippen molar-refractivity contribution < 1.29 is 4.79 Å². The highest BCUT2D eigenvalue weighted by molar-refractivity contribution is 6.01. The van der Waals surface area contributed by atoms with E-state index in [0.29, 0.717) is 6.04 Å². The number of hydrogen-bond acceptors (Lipinski definition) is 1. The van der Waals surface area contributed by atoms with Gasteiger partial charge in [0.15, 0.2) is 0 Å². The highest BCUT2D eigenvalue weighted by Crippen LogP contribution is 2.45. The lowest BCUT2D eigenvalue weighted by Crippen LogP contribution is -2.40. The van der Waals surface area contributed by atoms with Crippen LogP contribution in [0.15, 0.2) is 48.5 Å². The fourth-order valence-corrected chi connectivity index (χ4v) is 5.02. The van der Waals surface area contributed by atoms with Crippen LogP contribution in [0.5, 0.6) is 0 Å². The quantitative estimate of drug-likeness (QED) is 0.668. The van der Waals surface area contributed by atoms with Gasteiger partial charge in [-0.2, -0.15) is 0 Å². The Morgan fingerprint density at radius 2 is 1.69 bits per heavy atom. The maximum absolute atomic E-state index is 13.4. The molecule has 1 N–H and O–H groups in total. The third-order valence-corrected chi connectivity index (χ3v) is 6.18. The molecule has 1 aliphatic heterocycles. The summed E-state index contributed by atoms with van der Waals surface area (Å²) in [5, 5.41) is 1.24. The maximum atomic E-state index is 13.4. The van der Waals surface area contributed by atoms with Crippen molar-refractivity contribution >= 4 is 16.8 Å². The minimum Gasteiger partial charge on any atom is -0.358 e. The summed E-state index contributed by atoms with van der Waals surface area (Å²) in [6, 6.07) is 17.0. The van der Waals surface area contributed by atoms with E-state index in [1.165, 1.54) is 35.9 Å². The van der Waals surface area contributed by atoms with Crippen LogP contribution in [-0.2, 0) is 0 Å². The van der Waals surface area contributed by atoms with Crippen LogP contribution in [-0.4, -0.2) is 21.8 Å². The molecule has 5 rings (SSSR count). The lowest BCUT2D eigenvalue weighted by Gasteiger charge is -2.36. The second-order valence-electron chi connectivity index (χ2n) is 7.70. The number of hydrogen-bond donors (Lipinski definition) is 1. The number of carbonyl (C=O) groups is 1. The zero-order valence-corrected chi connectivity index (χ0v) is 15.2. The van der Waals surface area contributed by atoms with E-state index in [1.54, 1.807) is 0 Å². The lowest BCUT2D eigenvalue weighted by molar-refractivity contribution is 0.0613. The Hall–Kier alpha value is -2.55. The molecule has 1 unspecified atom stereocenters. The van der Waals surface area contributed by atoms with E-state index in [1.807, 2.05) is 12.1 Å². The second-order valence-corrected chi connectivity index (χ2v) is 7.70. The van der Waals surface area contributed by atoms with Crippen molar-refractivity contribution in [3.63, 3.8) is 0 Å². The van der Waals surface area contributed by atoms with Crippen molar-refractivity contribution in [1.82, 2.24) is 9.88 Å². The van der Waals surface area contributed by atoms with E-state index in [0.717, 1.165) is 29.5 Å². The molecular weight excluding hydrogens is 320 g/mol. The number of para-hydroxylation sites is 1. The van der Waals surface area contributed by atoms with E-state index in [-0.39, 0.29) is 11.9 Å². The monoisotopic (exact) mass is 344 g/mol. The van der Waals surface area contributed by atoms with Crippen molar-refractivity contribution in [1.29, 1.82) is 0 Å². The van der Waals surface area contributed by atoms with E-state index >= 15 is 0 Å². The number of carbonyl (C=O) groups excluding carboxylic acids is 1. The van der Waals surface area contributed by atoms with Gasteiger partial charge in [0.1, 0.15) is 0 Å². The first-order valence-electron chi connectivity index (χ1n) is 9.74. The van der Waals surface area contributed by atoms with Crippen LogP contribution in [0.2, 0.25) is 0 Å². The van der Waals surface area contributed by atoms with Crippen molar-refractivity contribution in [3.8, 4) is 0 Å². The SMILES string of the molecule is Cc1[nH]c2ccccc2c1C1c2ccccc2C(=O)N1C1CCCCC1. The summed E-state index contributed by atoms with van der Waals surface area (Å²) in [6.07, 6.45) is 5.99. The van der Waals surface area contributed by atoms with Crippen LogP contribution in [0, 0.1) is 6.92 Å². The molecule has 1 atom stereocenters. The Kier molecular flexibility index (Phi) is 3.63. The highest BCUT2D eigenvalue weighted by atomic mass is 16.2. The Bertz CT molecular complexity index is 981. The first-order valence-corrected chi connectivity index (χ1v) is 9.74. The molecule has 1 saturated carbocycles. The molecule has 0 bridgehead atoms. The fourth-order valence-electron chi connectivity index (χ4n) is 5.02. The van der Waals surface area contributed by atoms with Gasteiger partial charge in [-0.25, -0.2) is 0 Å². The average molecular weight is 344 g/mol. The van der Waals surface area contributed by atoms with Crippen molar-refractivity contribution in [3.05, 3.63) is 70.9 Å². The minimum absolute atomic E-state index is 0.0259. The number of H-pyrrole nitrogens is 1. The molecule has 3 nitrogen and oxygen atoms in total. The topological polar surface area (TPSA) is 36.1 Å². The van der Waals surface area contributed by atoms with Crippen molar-refractivity contribution in [2.24, 2.45) is 0 Å². The smallest absolute Gasteiger partial charge is 0.255 e. The molecule has 2 aliphatic rings. The van der Waals surface area contributed by atoms with Gasteiger partial charge >= 0.3 is 0 Å². The average Bonchev–Trinajstić information content (AvgIpc) is 3.16. The molecule has 1 fully saturated rings. The molecule has 2 heterocycles. The van der Waals surface area contributed by atoms with Gasteiger partial charge in [0.2, 0.25) is 0 Å². The largest absolute Gasteiger partial charge is 0.358 e. The zero-order chi connectivity index (χ0) is 17.7. The van der Waals surface area contributed by atoms with Crippen LogP contribution in [0.3, 0.4) is 0 Å². The third kappa shape index (κ3) is 2.23. The lowest BCUT2D eigenvalue weighted by atomic mass is 9.91. The zero-order valence-electron chi connectivity index (χ0n) is 15.2. The number of aromatic amines is 1. The maximum Gasteiger partial charge on any atom is 0.255 e. The van der Waals surface area contributed by atoms with Crippen LogP contribution >= 0.6 is 0 Å². The first-order chi connectivity index (χ1) is 12.8. The van der Waals surface area contributed by atoms with E-state index in [9.17, 15) is 4.79 Å². The summed E-state index contributed by atoms with van der Waals surface area (Å²) >= 11 is 0. The summed E-state index contributed by atoms with van der Waals surface area (Å²) in [7, 11) is 0. The van der Waals surface area contributed by atoms with Crippen LogP contribution in [0.4, 0.5) is 0 Å². The third-order valence-electron chi connectivity index (χ3n) is 6.18. The summed E-state index contributed by atoms with van der Waals surface area (Å²) in [6.45, 7) is 2.14. The van der Waals surface area contributed by atoms with Gasteiger partial charge in [-0.1, -0.05) is 55.7 Å². The number of nitrogens with one attached hydrogen (secondary N) is 1. The number of benzene rings is 2. The van der Waals surface area contributed by atoms with Crippen molar-refractivity contribution in [2.45, 2.75) is 51.1 Å². The van der Waals surface area contributed by atoms with Gasteiger partial charge < -0.3 is 9.88 Å². The molecular formula is C23H24N2O. The summed E-state index contributed by atoms with van der Waals surface area (Å²) in [4.78, 5) is 19.1. The normalized spacial score (nSPS) is 20.7. The van der Waals surface area contributed by atoms with Gasteiger partial charge in [-0.05, 0) is 37.5 Å². The van der Waals surface area contributed by atoms with Crippen LogP contribution < -0.4 is 0 Å². The molecule has 3 heteroatoms. The predicted molar refractivity (Wildman–Crippen MR) is 104 cm³/mol. The molecule has 132 valence electrons. The summed E-state index contributed by atoms with van der Waals surface area (Å²) < 4.78 is 0.